The molecule has 0 saturated carbocycles. The molecule has 2 bridgehead atoms. The summed E-state index contributed by atoms with van der Waals surface area (Å²) < 4.78 is 4.87. The molecule has 3 saturated heterocycles. The van der Waals surface area contributed by atoms with E-state index in [1.807, 2.05) is 38.1 Å². The van der Waals surface area contributed by atoms with E-state index >= 15 is 0 Å². The number of likely N-dealkylation sites (tertiary alicyclic amines) is 1. The number of carbonyl (C=O) groups excluding carboxylic acids is 3. The van der Waals surface area contributed by atoms with Gasteiger partial charge in [0.15, 0.2) is 0 Å². The van der Waals surface area contributed by atoms with Gasteiger partial charge in [-0.3, -0.25) is 14.4 Å². The minimum absolute atomic E-state index is 0.0154. The number of nitrogens with zero attached hydrogens (tertiary/aromatic N) is 1. The third-order valence-electron chi connectivity index (χ3n) is 8.19. The number of thioether (sulfide) groups is 1. The number of aliphatic hydroxyl groups is 1. The Morgan fingerprint density at radius 2 is 1.90 bits per heavy atom. The summed E-state index contributed by atoms with van der Waals surface area (Å²) in [6.45, 7) is 7.22. The molecule has 7 atom stereocenters. The summed E-state index contributed by atoms with van der Waals surface area (Å²) in [5, 5.41) is 15.3. The van der Waals surface area contributed by atoms with E-state index in [9.17, 15) is 14.4 Å². The lowest BCUT2D eigenvalue weighted by molar-refractivity contribution is -0.139. The van der Waals surface area contributed by atoms with Crippen LogP contribution in [0.4, 0.5) is 5.69 Å². The molecule has 0 radical (unpaired) electrons. The van der Waals surface area contributed by atoms with Crippen LogP contribution < -0.4 is 15.4 Å². The Bertz CT molecular complexity index is 1030. The Morgan fingerprint density at radius 1 is 1.18 bits per heavy atom. The van der Waals surface area contributed by atoms with Crippen molar-refractivity contribution in [1.29, 1.82) is 0 Å². The average molecular weight is 625 g/mol. The van der Waals surface area contributed by atoms with Crippen LogP contribution in [-0.2, 0) is 14.4 Å². The van der Waals surface area contributed by atoms with Crippen molar-refractivity contribution in [2.24, 2.45) is 11.8 Å². The molecular weight excluding hydrogens is 582 g/mol. The molecule has 4 rings (SSSR count). The molecule has 0 aromatic heterocycles. The van der Waals surface area contributed by atoms with Crippen LogP contribution in [0.25, 0.3) is 0 Å². The van der Waals surface area contributed by atoms with Crippen LogP contribution in [-0.4, -0.2) is 74.4 Å². The number of benzene rings is 1. The largest absolute Gasteiger partial charge is 0.494 e. The molecule has 3 fully saturated rings. The molecule has 3 heterocycles. The van der Waals surface area contributed by atoms with Crippen LogP contribution in [0, 0.1) is 11.8 Å². The maximum atomic E-state index is 14.1. The molecule has 3 aliphatic heterocycles. The topological polar surface area (TPSA) is 108 Å². The molecule has 1 aromatic rings. The molecule has 216 valence electrons. The molecule has 8 nitrogen and oxygen atoms in total. The van der Waals surface area contributed by atoms with Gasteiger partial charge in [0.1, 0.15) is 11.8 Å². The van der Waals surface area contributed by atoms with Gasteiger partial charge in [-0.05, 0) is 63.8 Å². The minimum Gasteiger partial charge on any atom is -0.494 e. The highest BCUT2D eigenvalue weighted by Gasteiger charge is 2.75. The number of hydrogen-bond donors (Lipinski definition) is 3. The second-order valence-corrected chi connectivity index (χ2v) is 13.7. The van der Waals surface area contributed by atoms with E-state index in [1.54, 1.807) is 16.7 Å². The molecule has 10 heteroatoms. The summed E-state index contributed by atoms with van der Waals surface area (Å²) in [6, 6.07) is 6.67. The molecule has 1 aromatic carbocycles. The van der Waals surface area contributed by atoms with E-state index in [-0.39, 0.29) is 40.4 Å². The number of nitrogens with one attached hydrogen (secondary N) is 2. The number of hydrogen-bond acceptors (Lipinski definition) is 6. The van der Waals surface area contributed by atoms with Gasteiger partial charge in [-0.2, -0.15) is 0 Å². The van der Waals surface area contributed by atoms with Gasteiger partial charge in [0.2, 0.25) is 17.7 Å². The molecule has 4 unspecified atom stereocenters. The minimum atomic E-state index is -0.641. The van der Waals surface area contributed by atoms with Crippen LogP contribution >= 0.6 is 27.7 Å². The Balaban J connectivity index is 1.59. The van der Waals surface area contributed by atoms with E-state index in [1.165, 1.54) is 0 Å². The molecule has 39 heavy (non-hydrogen) atoms. The first-order valence-corrected chi connectivity index (χ1v) is 16.1. The fourth-order valence-corrected chi connectivity index (χ4v) is 10.2. The van der Waals surface area contributed by atoms with Crippen molar-refractivity contribution in [1.82, 2.24) is 10.2 Å². The standard InChI is InChI=1S/C29H42BrN3O5S/c1-4-10-18(3)31-27(36)25-29-17-21(30)24(39-29)22(23(29)28(37)33(25)15-8-6-7-9-16-34)26(35)32-19-11-13-20(14-12-19)38-5-2/h11-14,18,21-25,34H,4-10,15-17H2,1-3H3,(H,31,36)(H,32,35)/t18?,21?,22-,23-,24-,25?,29?/m0/s1. The van der Waals surface area contributed by atoms with Crippen molar-refractivity contribution in [3.63, 3.8) is 0 Å². The third-order valence-corrected chi connectivity index (χ3v) is 11.4. The first kappa shape index (κ1) is 30.2. The van der Waals surface area contributed by atoms with Gasteiger partial charge in [0.25, 0.3) is 0 Å². The number of halogens is 1. The lowest BCUT2D eigenvalue weighted by Gasteiger charge is -2.36. The SMILES string of the molecule is CCCC(C)NC(=O)C1N(CCCCCCO)C(=O)[C@@H]2[C@H](C(=O)Nc3ccc(OCC)cc3)[C@H]3SC12CC3Br. The Kier molecular flexibility index (Phi) is 10.3. The maximum Gasteiger partial charge on any atom is 0.244 e. The van der Waals surface area contributed by atoms with E-state index in [4.69, 9.17) is 9.84 Å². The van der Waals surface area contributed by atoms with Crippen LogP contribution in [0.15, 0.2) is 24.3 Å². The van der Waals surface area contributed by atoms with Crippen molar-refractivity contribution in [3.05, 3.63) is 24.3 Å². The second kappa shape index (κ2) is 13.3. The number of amides is 3. The van der Waals surface area contributed by atoms with E-state index in [0.717, 1.165) is 44.3 Å². The third kappa shape index (κ3) is 6.12. The fourth-order valence-electron chi connectivity index (χ4n) is 6.57. The van der Waals surface area contributed by atoms with Crippen molar-refractivity contribution in [2.75, 3.05) is 25.1 Å². The van der Waals surface area contributed by atoms with Crippen molar-refractivity contribution < 1.29 is 24.2 Å². The van der Waals surface area contributed by atoms with Crippen molar-refractivity contribution >= 4 is 51.1 Å². The normalized spacial score (nSPS) is 29.8. The molecule has 3 amide bonds. The first-order valence-electron chi connectivity index (χ1n) is 14.3. The van der Waals surface area contributed by atoms with Gasteiger partial charge < -0.3 is 25.4 Å². The van der Waals surface area contributed by atoms with Gasteiger partial charge in [0, 0.05) is 35.0 Å². The van der Waals surface area contributed by atoms with Gasteiger partial charge in [-0.15, -0.1) is 11.8 Å². The fraction of sp³-hybridized carbons (Fsp3) is 0.690. The second-order valence-electron chi connectivity index (χ2n) is 11.0. The highest BCUT2D eigenvalue weighted by atomic mass is 79.9. The van der Waals surface area contributed by atoms with Crippen LogP contribution in [0.5, 0.6) is 5.75 Å². The van der Waals surface area contributed by atoms with Gasteiger partial charge >= 0.3 is 0 Å². The summed E-state index contributed by atoms with van der Waals surface area (Å²) in [6.07, 6.45) is 5.75. The Hall–Kier alpha value is -1.78. The smallest absolute Gasteiger partial charge is 0.244 e. The maximum absolute atomic E-state index is 14.1. The zero-order valence-electron chi connectivity index (χ0n) is 23.2. The van der Waals surface area contributed by atoms with E-state index in [2.05, 4.69) is 33.5 Å². The quantitative estimate of drug-likeness (QED) is 0.210. The molecule has 0 aliphatic carbocycles. The number of fused-ring (bicyclic) bond motifs is 1. The van der Waals surface area contributed by atoms with E-state index in [0.29, 0.717) is 25.3 Å². The number of ether oxygens (including phenoxy) is 1. The highest BCUT2D eigenvalue weighted by molar-refractivity contribution is 9.09. The average Bonchev–Trinajstić information content (AvgIpc) is 3.48. The number of anilines is 1. The number of alkyl halides is 1. The summed E-state index contributed by atoms with van der Waals surface area (Å²) in [5.41, 5.74) is 0.658. The van der Waals surface area contributed by atoms with Crippen LogP contribution in [0.2, 0.25) is 0 Å². The lowest BCUT2D eigenvalue weighted by atomic mass is 9.70. The first-order chi connectivity index (χ1) is 18.8. The number of carbonyl (C=O) groups is 3. The van der Waals surface area contributed by atoms with Gasteiger partial charge in [-0.1, -0.05) is 42.1 Å². The van der Waals surface area contributed by atoms with Crippen LogP contribution in [0.3, 0.4) is 0 Å². The van der Waals surface area contributed by atoms with Crippen molar-refractivity contribution in [3.8, 4) is 5.75 Å². The molecule has 1 spiro atoms. The molecule has 3 N–H and O–H groups in total. The monoisotopic (exact) mass is 623 g/mol. The zero-order valence-corrected chi connectivity index (χ0v) is 25.6. The summed E-state index contributed by atoms with van der Waals surface area (Å²) in [5.74, 6) is -0.709. The summed E-state index contributed by atoms with van der Waals surface area (Å²) in [4.78, 5) is 43.5. The molecular formula is C29H42BrN3O5S. The Labute approximate surface area is 244 Å². The highest BCUT2D eigenvalue weighted by Crippen LogP contribution is 2.67. The number of rotatable bonds is 14. The number of aliphatic hydroxyl groups excluding tert-OH is 1. The van der Waals surface area contributed by atoms with Gasteiger partial charge in [0.05, 0.1) is 23.2 Å². The van der Waals surface area contributed by atoms with Crippen LogP contribution in [0.1, 0.15) is 65.7 Å². The summed E-state index contributed by atoms with van der Waals surface area (Å²) in [7, 11) is 0. The predicted molar refractivity (Wildman–Crippen MR) is 158 cm³/mol. The lowest BCUT2D eigenvalue weighted by Crippen LogP contribution is -2.55. The van der Waals surface area contributed by atoms with Crippen molar-refractivity contribution in [2.45, 2.75) is 92.6 Å². The molecule has 3 aliphatic rings. The van der Waals surface area contributed by atoms with Gasteiger partial charge in [-0.25, -0.2) is 0 Å². The van der Waals surface area contributed by atoms with E-state index < -0.39 is 22.6 Å². The summed E-state index contributed by atoms with van der Waals surface area (Å²) >= 11 is 5.48. The number of unbranched alkanes of at least 4 members (excludes halogenated alkanes) is 3. The zero-order chi connectivity index (χ0) is 28.2. The predicted octanol–water partition coefficient (Wildman–Crippen LogP) is 4.35. The Morgan fingerprint density at radius 3 is 2.56 bits per heavy atom.